The van der Waals surface area contributed by atoms with Gasteiger partial charge in [0, 0.05) is 31.2 Å². The van der Waals surface area contributed by atoms with Crippen LogP contribution < -0.4 is 10.2 Å². The number of anilines is 1. The number of thiophene rings is 1. The van der Waals surface area contributed by atoms with E-state index in [1.54, 1.807) is 11.3 Å². The SMILES string of the molecule is CCC1c2ccsc2CCN1C(=O)NCc1cc(C)nc(N(C)C)n1. The minimum Gasteiger partial charge on any atom is -0.347 e. The Kier molecular flexibility index (Phi) is 5.22. The maximum absolute atomic E-state index is 12.7. The molecule has 3 heterocycles. The topological polar surface area (TPSA) is 61.4 Å². The van der Waals surface area contributed by atoms with Gasteiger partial charge < -0.3 is 15.1 Å². The number of aromatic nitrogens is 2. The summed E-state index contributed by atoms with van der Waals surface area (Å²) in [4.78, 5) is 26.9. The molecule has 0 radical (unpaired) electrons. The number of rotatable bonds is 4. The van der Waals surface area contributed by atoms with Gasteiger partial charge in [0.05, 0.1) is 18.3 Å². The van der Waals surface area contributed by atoms with Gasteiger partial charge in [-0.05, 0) is 42.8 Å². The molecular weight excluding hydrogens is 334 g/mol. The standard InChI is InChI=1S/C18H25N5OS/c1-5-15-14-7-9-25-16(14)6-8-23(15)18(24)19-11-13-10-12(2)20-17(21-13)22(3)4/h7,9-10,15H,5-6,8,11H2,1-4H3,(H,19,24). The van der Waals surface area contributed by atoms with E-state index in [0.29, 0.717) is 12.5 Å². The van der Waals surface area contributed by atoms with Crippen LogP contribution in [0.1, 0.15) is 41.2 Å². The number of fused-ring (bicyclic) bond motifs is 1. The summed E-state index contributed by atoms with van der Waals surface area (Å²) in [7, 11) is 3.82. The summed E-state index contributed by atoms with van der Waals surface area (Å²) in [5.41, 5.74) is 3.03. The van der Waals surface area contributed by atoms with E-state index in [9.17, 15) is 4.79 Å². The zero-order chi connectivity index (χ0) is 18.0. The largest absolute Gasteiger partial charge is 0.347 e. The third-order valence-electron chi connectivity index (χ3n) is 4.46. The number of aryl methyl sites for hydroxylation is 1. The Morgan fingerprint density at radius 2 is 2.24 bits per heavy atom. The van der Waals surface area contributed by atoms with E-state index < -0.39 is 0 Å². The van der Waals surface area contributed by atoms with Crippen molar-refractivity contribution in [1.82, 2.24) is 20.2 Å². The van der Waals surface area contributed by atoms with Gasteiger partial charge in [-0.3, -0.25) is 0 Å². The molecule has 2 aromatic heterocycles. The summed E-state index contributed by atoms with van der Waals surface area (Å²) in [5.74, 6) is 0.663. The highest BCUT2D eigenvalue weighted by Gasteiger charge is 2.30. The summed E-state index contributed by atoms with van der Waals surface area (Å²) >= 11 is 1.79. The van der Waals surface area contributed by atoms with Gasteiger partial charge in [0.1, 0.15) is 0 Å². The lowest BCUT2D eigenvalue weighted by Crippen LogP contribution is -2.45. The Labute approximate surface area is 152 Å². The molecule has 0 spiro atoms. The van der Waals surface area contributed by atoms with Crippen LogP contribution in [0.5, 0.6) is 0 Å². The Hall–Kier alpha value is -2.15. The molecule has 2 amide bonds. The highest BCUT2D eigenvalue weighted by molar-refractivity contribution is 7.10. The molecule has 0 aromatic carbocycles. The van der Waals surface area contributed by atoms with Crippen molar-refractivity contribution in [3.63, 3.8) is 0 Å². The fourth-order valence-corrected chi connectivity index (χ4v) is 4.18. The fourth-order valence-electron chi connectivity index (χ4n) is 3.25. The Bertz CT molecular complexity index is 758. The molecular formula is C18H25N5OS. The molecule has 0 fully saturated rings. The lowest BCUT2D eigenvalue weighted by molar-refractivity contribution is 0.167. The molecule has 3 rings (SSSR count). The van der Waals surface area contributed by atoms with Gasteiger partial charge in [-0.25, -0.2) is 14.8 Å². The van der Waals surface area contributed by atoms with E-state index in [-0.39, 0.29) is 12.1 Å². The summed E-state index contributed by atoms with van der Waals surface area (Å²) in [5, 5.41) is 5.16. The summed E-state index contributed by atoms with van der Waals surface area (Å²) in [6, 6.07) is 4.22. The molecule has 0 saturated heterocycles. The van der Waals surface area contributed by atoms with Crippen molar-refractivity contribution in [2.75, 3.05) is 25.5 Å². The first-order chi connectivity index (χ1) is 12.0. The van der Waals surface area contributed by atoms with Crippen molar-refractivity contribution < 1.29 is 4.79 Å². The first kappa shape index (κ1) is 17.7. The van der Waals surface area contributed by atoms with Crippen LogP contribution in [-0.2, 0) is 13.0 Å². The zero-order valence-electron chi connectivity index (χ0n) is 15.2. The van der Waals surface area contributed by atoms with E-state index in [0.717, 1.165) is 30.8 Å². The number of nitrogens with zero attached hydrogens (tertiary/aromatic N) is 4. The van der Waals surface area contributed by atoms with Crippen LogP contribution in [0, 0.1) is 6.92 Å². The summed E-state index contributed by atoms with van der Waals surface area (Å²) in [6.45, 7) is 5.25. The third-order valence-corrected chi connectivity index (χ3v) is 5.46. The van der Waals surface area contributed by atoms with Gasteiger partial charge >= 0.3 is 6.03 Å². The van der Waals surface area contributed by atoms with Crippen LogP contribution in [-0.4, -0.2) is 41.5 Å². The molecule has 2 aromatic rings. The average Bonchev–Trinajstić information content (AvgIpc) is 3.06. The van der Waals surface area contributed by atoms with Gasteiger partial charge in [0.25, 0.3) is 0 Å². The quantitative estimate of drug-likeness (QED) is 0.911. The van der Waals surface area contributed by atoms with Gasteiger partial charge in [0.15, 0.2) is 0 Å². The average molecular weight is 359 g/mol. The molecule has 1 atom stereocenters. The van der Waals surface area contributed by atoms with Gasteiger partial charge in [-0.1, -0.05) is 6.92 Å². The molecule has 25 heavy (non-hydrogen) atoms. The maximum atomic E-state index is 12.7. The van der Waals surface area contributed by atoms with Crippen LogP contribution in [0.4, 0.5) is 10.7 Å². The van der Waals surface area contributed by atoms with Crippen molar-refractivity contribution in [3.8, 4) is 0 Å². The lowest BCUT2D eigenvalue weighted by Gasteiger charge is -2.35. The van der Waals surface area contributed by atoms with Crippen molar-refractivity contribution in [2.24, 2.45) is 0 Å². The number of hydrogen-bond donors (Lipinski definition) is 1. The number of urea groups is 1. The number of carbonyl (C=O) groups excluding carboxylic acids is 1. The Morgan fingerprint density at radius 3 is 2.96 bits per heavy atom. The van der Waals surface area contributed by atoms with Crippen molar-refractivity contribution in [1.29, 1.82) is 0 Å². The lowest BCUT2D eigenvalue weighted by atomic mass is 9.98. The molecule has 134 valence electrons. The highest BCUT2D eigenvalue weighted by Crippen LogP contribution is 2.35. The van der Waals surface area contributed by atoms with Gasteiger partial charge in [-0.15, -0.1) is 11.3 Å². The first-order valence-electron chi connectivity index (χ1n) is 8.62. The molecule has 0 aliphatic carbocycles. The fraction of sp³-hybridized carbons (Fsp3) is 0.500. The Morgan fingerprint density at radius 1 is 1.44 bits per heavy atom. The number of amides is 2. The second kappa shape index (κ2) is 7.39. The van der Waals surface area contributed by atoms with Gasteiger partial charge in [-0.2, -0.15) is 0 Å². The van der Waals surface area contributed by atoms with Crippen molar-refractivity contribution in [3.05, 3.63) is 39.3 Å². The predicted molar refractivity (Wildman–Crippen MR) is 101 cm³/mol. The van der Waals surface area contributed by atoms with E-state index in [4.69, 9.17) is 0 Å². The molecule has 1 aliphatic heterocycles. The monoisotopic (exact) mass is 359 g/mol. The third kappa shape index (κ3) is 3.76. The van der Waals surface area contributed by atoms with Crippen LogP contribution >= 0.6 is 11.3 Å². The normalized spacial score (nSPS) is 16.5. The summed E-state index contributed by atoms with van der Waals surface area (Å²) < 4.78 is 0. The molecule has 1 aliphatic rings. The minimum atomic E-state index is -0.0219. The molecule has 0 saturated carbocycles. The first-order valence-corrected chi connectivity index (χ1v) is 9.50. The van der Waals surface area contributed by atoms with Crippen LogP contribution in [0.25, 0.3) is 0 Å². The number of carbonyl (C=O) groups is 1. The van der Waals surface area contributed by atoms with Crippen LogP contribution in [0.15, 0.2) is 17.5 Å². The van der Waals surface area contributed by atoms with E-state index >= 15 is 0 Å². The van der Waals surface area contributed by atoms with E-state index in [2.05, 4.69) is 33.7 Å². The molecule has 0 bridgehead atoms. The van der Waals surface area contributed by atoms with Crippen molar-refractivity contribution >= 4 is 23.3 Å². The highest BCUT2D eigenvalue weighted by atomic mass is 32.1. The maximum Gasteiger partial charge on any atom is 0.318 e. The number of hydrogen-bond acceptors (Lipinski definition) is 5. The van der Waals surface area contributed by atoms with Crippen LogP contribution in [0.3, 0.4) is 0 Å². The summed E-state index contributed by atoms with van der Waals surface area (Å²) in [6.07, 6.45) is 1.86. The number of nitrogens with one attached hydrogen (secondary N) is 1. The predicted octanol–water partition coefficient (Wildman–Crippen LogP) is 3.13. The second-order valence-electron chi connectivity index (χ2n) is 6.52. The minimum absolute atomic E-state index is 0.0219. The van der Waals surface area contributed by atoms with E-state index in [1.807, 2.05) is 36.9 Å². The molecule has 6 nitrogen and oxygen atoms in total. The smallest absolute Gasteiger partial charge is 0.318 e. The molecule has 1 N–H and O–H groups in total. The van der Waals surface area contributed by atoms with E-state index in [1.165, 1.54) is 10.4 Å². The Balaban J connectivity index is 1.69. The molecule has 1 unspecified atom stereocenters. The van der Waals surface area contributed by atoms with Gasteiger partial charge in [0.2, 0.25) is 5.95 Å². The molecule has 7 heteroatoms. The zero-order valence-corrected chi connectivity index (χ0v) is 16.1. The second-order valence-corrected chi connectivity index (χ2v) is 7.52. The van der Waals surface area contributed by atoms with Crippen LogP contribution in [0.2, 0.25) is 0 Å². The van der Waals surface area contributed by atoms with Crippen molar-refractivity contribution in [2.45, 2.75) is 39.3 Å².